The fraction of sp³-hybridized carbons (Fsp3) is 0.400. The number of aliphatic hydroxyl groups excluding tert-OH is 1. The molecule has 1 fully saturated rings. The Kier molecular flexibility index (Phi) is 3.03. The van der Waals surface area contributed by atoms with Gasteiger partial charge in [0.25, 0.3) is 0 Å². The standard InChI is InChI=1S/C10H11ClO3/c11-8-3-1-7(2-4-8)10-13-6-9(5-12)14-10/h1-4,9-10,12H,5-6H2/t9-,10+/m1/s1. The summed E-state index contributed by atoms with van der Waals surface area (Å²) in [6, 6.07) is 7.28. The lowest BCUT2D eigenvalue weighted by molar-refractivity contribution is -0.0675. The highest BCUT2D eigenvalue weighted by atomic mass is 35.5. The molecule has 14 heavy (non-hydrogen) atoms. The van der Waals surface area contributed by atoms with Gasteiger partial charge in [-0.3, -0.25) is 0 Å². The van der Waals surface area contributed by atoms with Crippen LogP contribution in [0, 0.1) is 0 Å². The van der Waals surface area contributed by atoms with E-state index in [2.05, 4.69) is 0 Å². The Balaban J connectivity index is 2.06. The van der Waals surface area contributed by atoms with E-state index in [1.807, 2.05) is 12.1 Å². The topological polar surface area (TPSA) is 38.7 Å². The third kappa shape index (κ3) is 2.07. The minimum atomic E-state index is -0.371. The predicted octanol–water partition coefficient (Wildman–Crippen LogP) is 1.75. The van der Waals surface area contributed by atoms with E-state index < -0.39 is 0 Å². The Morgan fingerprint density at radius 3 is 2.64 bits per heavy atom. The van der Waals surface area contributed by atoms with Gasteiger partial charge in [-0.2, -0.15) is 0 Å². The fourth-order valence-corrected chi connectivity index (χ4v) is 1.46. The second-order valence-electron chi connectivity index (χ2n) is 3.16. The quantitative estimate of drug-likeness (QED) is 0.815. The first-order chi connectivity index (χ1) is 6.79. The van der Waals surface area contributed by atoms with Crippen LogP contribution in [0.1, 0.15) is 11.9 Å². The summed E-state index contributed by atoms with van der Waals surface area (Å²) in [5.74, 6) is 0. The molecular formula is C10H11ClO3. The highest BCUT2D eigenvalue weighted by Crippen LogP contribution is 2.27. The van der Waals surface area contributed by atoms with Gasteiger partial charge in [-0.1, -0.05) is 23.7 Å². The normalized spacial score (nSPS) is 26.7. The zero-order valence-electron chi connectivity index (χ0n) is 7.52. The summed E-state index contributed by atoms with van der Waals surface area (Å²) >= 11 is 5.75. The van der Waals surface area contributed by atoms with Crippen molar-refractivity contribution in [2.24, 2.45) is 0 Å². The number of hydrogen-bond donors (Lipinski definition) is 1. The maximum atomic E-state index is 8.85. The van der Waals surface area contributed by atoms with Crippen molar-refractivity contribution in [1.82, 2.24) is 0 Å². The SMILES string of the molecule is OC[C@@H]1CO[C@H](c2ccc(Cl)cc2)O1. The van der Waals surface area contributed by atoms with Crippen LogP contribution in [0.5, 0.6) is 0 Å². The zero-order chi connectivity index (χ0) is 9.97. The van der Waals surface area contributed by atoms with E-state index in [4.69, 9.17) is 26.2 Å². The van der Waals surface area contributed by atoms with E-state index in [1.165, 1.54) is 0 Å². The molecule has 1 heterocycles. The molecule has 1 aromatic carbocycles. The van der Waals surface area contributed by atoms with E-state index in [0.29, 0.717) is 11.6 Å². The van der Waals surface area contributed by atoms with E-state index in [9.17, 15) is 0 Å². The van der Waals surface area contributed by atoms with Crippen LogP contribution >= 0.6 is 11.6 Å². The first-order valence-corrected chi connectivity index (χ1v) is 4.81. The lowest BCUT2D eigenvalue weighted by Crippen LogP contribution is -2.14. The van der Waals surface area contributed by atoms with Gasteiger partial charge in [-0.25, -0.2) is 0 Å². The molecule has 0 aliphatic carbocycles. The van der Waals surface area contributed by atoms with Crippen LogP contribution in [0.2, 0.25) is 5.02 Å². The van der Waals surface area contributed by atoms with Crippen molar-refractivity contribution in [3.05, 3.63) is 34.9 Å². The van der Waals surface area contributed by atoms with Gasteiger partial charge in [0.05, 0.1) is 13.2 Å². The Bertz CT molecular complexity index is 299. The molecule has 0 radical (unpaired) electrons. The molecular weight excluding hydrogens is 204 g/mol. The molecule has 0 bridgehead atoms. The molecule has 0 unspecified atom stereocenters. The van der Waals surface area contributed by atoms with Gasteiger partial charge in [0.2, 0.25) is 0 Å². The van der Waals surface area contributed by atoms with E-state index in [0.717, 1.165) is 5.56 Å². The molecule has 4 heteroatoms. The second-order valence-corrected chi connectivity index (χ2v) is 3.59. The first-order valence-electron chi connectivity index (χ1n) is 4.43. The molecule has 76 valence electrons. The van der Waals surface area contributed by atoms with Crippen molar-refractivity contribution < 1.29 is 14.6 Å². The minimum absolute atomic E-state index is 0.00983. The number of ether oxygens (including phenoxy) is 2. The molecule has 1 aliphatic rings. The highest BCUT2D eigenvalue weighted by Gasteiger charge is 2.26. The molecule has 0 spiro atoms. The van der Waals surface area contributed by atoms with E-state index in [1.54, 1.807) is 12.1 Å². The number of halogens is 1. The predicted molar refractivity (Wildman–Crippen MR) is 52.1 cm³/mol. The van der Waals surface area contributed by atoms with Gasteiger partial charge in [-0.05, 0) is 12.1 Å². The van der Waals surface area contributed by atoms with Crippen LogP contribution in [0.25, 0.3) is 0 Å². The summed E-state index contributed by atoms with van der Waals surface area (Å²) in [6.07, 6.45) is -0.583. The largest absolute Gasteiger partial charge is 0.394 e. The number of rotatable bonds is 2. The van der Waals surface area contributed by atoms with Gasteiger partial charge in [0.1, 0.15) is 6.10 Å². The molecule has 0 saturated carbocycles. The maximum Gasteiger partial charge on any atom is 0.184 e. The zero-order valence-corrected chi connectivity index (χ0v) is 8.28. The summed E-state index contributed by atoms with van der Waals surface area (Å²) in [6.45, 7) is 0.424. The maximum absolute atomic E-state index is 8.85. The van der Waals surface area contributed by atoms with Crippen molar-refractivity contribution in [2.45, 2.75) is 12.4 Å². The molecule has 1 N–H and O–H groups in total. The van der Waals surface area contributed by atoms with Gasteiger partial charge in [-0.15, -0.1) is 0 Å². The molecule has 0 amide bonds. The third-order valence-electron chi connectivity index (χ3n) is 2.10. The van der Waals surface area contributed by atoms with Crippen molar-refractivity contribution >= 4 is 11.6 Å². The molecule has 0 aromatic heterocycles. The van der Waals surface area contributed by atoms with Crippen LogP contribution < -0.4 is 0 Å². The monoisotopic (exact) mass is 214 g/mol. The average molecular weight is 215 g/mol. The second kappa shape index (κ2) is 4.28. The summed E-state index contributed by atoms with van der Waals surface area (Å²) in [4.78, 5) is 0. The number of benzene rings is 1. The Morgan fingerprint density at radius 2 is 2.07 bits per heavy atom. The molecule has 2 atom stereocenters. The molecule has 1 aliphatic heterocycles. The minimum Gasteiger partial charge on any atom is -0.394 e. The van der Waals surface area contributed by atoms with E-state index >= 15 is 0 Å². The summed E-state index contributed by atoms with van der Waals surface area (Å²) in [7, 11) is 0. The lowest BCUT2D eigenvalue weighted by atomic mass is 10.2. The summed E-state index contributed by atoms with van der Waals surface area (Å²) < 4.78 is 10.8. The summed E-state index contributed by atoms with van der Waals surface area (Å²) in [5.41, 5.74) is 0.922. The fourth-order valence-electron chi connectivity index (χ4n) is 1.34. The molecule has 2 rings (SSSR count). The lowest BCUT2D eigenvalue weighted by Gasteiger charge is -2.10. The molecule has 1 aromatic rings. The number of aliphatic hydroxyl groups is 1. The van der Waals surface area contributed by atoms with Crippen LogP contribution in [-0.2, 0) is 9.47 Å². The summed E-state index contributed by atoms with van der Waals surface area (Å²) in [5, 5.41) is 9.53. The van der Waals surface area contributed by atoms with E-state index in [-0.39, 0.29) is 19.0 Å². The van der Waals surface area contributed by atoms with Crippen molar-refractivity contribution in [3.63, 3.8) is 0 Å². The van der Waals surface area contributed by atoms with Crippen molar-refractivity contribution in [1.29, 1.82) is 0 Å². The van der Waals surface area contributed by atoms with Gasteiger partial charge >= 0.3 is 0 Å². The van der Waals surface area contributed by atoms with Gasteiger partial charge < -0.3 is 14.6 Å². The number of hydrogen-bond acceptors (Lipinski definition) is 3. The van der Waals surface area contributed by atoms with Gasteiger partial charge in [0.15, 0.2) is 6.29 Å². The smallest absolute Gasteiger partial charge is 0.184 e. The molecule has 3 nitrogen and oxygen atoms in total. The van der Waals surface area contributed by atoms with Crippen LogP contribution in [0.15, 0.2) is 24.3 Å². The van der Waals surface area contributed by atoms with Crippen LogP contribution in [0.3, 0.4) is 0 Å². The third-order valence-corrected chi connectivity index (χ3v) is 2.35. The van der Waals surface area contributed by atoms with Gasteiger partial charge in [0, 0.05) is 10.6 Å². The highest BCUT2D eigenvalue weighted by molar-refractivity contribution is 6.30. The Labute approximate surface area is 87.2 Å². The van der Waals surface area contributed by atoms with Crippen molar-refractivity contribution in [3.8, 4) is 0 Å². The van der Waals surface area contributed by atoms with Crippen molar-refractivity contribution in [2.75, 3.05) is 13.2 Å². The first kappa shape index (κ1) is 9.93. The molecule has 1 saturated heterocycles. The van der Waals surface area contributed by atoms with Crippen LogP contribution in [-0.4, -0.2) is 24.4 Å². The average Bonchev–Trinajstić information content (AvgIpc) is 2.67. The Morgan fingerprint density at radius 1 is 1.36 bits per heavy atom. The van der Waals surface area contributed by atoms with Crippen LogP contribution in [0.4, 0.5) is 0 Å². The Hall–Kier alpha value is -0.610.